The van der Waals surface area contributed by atoms with Gasteiger partial charge in [-0.3, -0.25) is 0 Å². The Morgan fingerprint density at radius 3 is 3.00 bits per heavy atom. The Hall–Kier alpha value is -1.20. The lowest BCUT2D eigenvalue weighted by atomic mass is 10.2. The van der Waals surface area contributed by atoms with Crippen LogP contribution in [0.25, 0.3) is 0 Å². The van der Waals surface area contributed by atoms with E-state index in [1.165, 1.54) is 6.07 Å². The second-order valence-electron chi connectivity index (χ2n) is 4.07. The van der Waals surface area contributed by atoms with Gasteiger partial charge in [0.05, 0.1) is 6.54 Å². The smallest absolute Gasteiger partial charge is 0.137 e. The van der Waals surface area contributed by atoms with Crippen LogP contribution in [-0.2, 0) is 6.54 Å². The van der Waals surface area contributed by atoms with Crippen molar-refractivity contribution in [3.63, 3.8) is 0 Å². The highest BCUT2D eigenvalue weighted by molar-refractivity contribution is 9.10. The standard InChI is InChI=1S/C13H14BrFN2O/c1-2-12(18)13-16-5-6-17(13)8-9-7-10(14)3-4-11(9)15/h3-7,12,18H,2,8H2,1H3/t12-/m1/s1. The van der Waals surface area contributed by atoms with Crippen molar-refractivity contribution in [2.24, 2.45) is 0 Å². The molecule has 0 saturated heterocycles. The van der Waals surface area contributed by atoms with E-state index in [4.69, 9.17) is 0 Å². The fourth-order valence-electron chi connectivity index (χ4n) is 1.78. The van der Waals surface area contributed by atoms with E-state index in [1.54, 1.807) is 29.1 Å². The van der Waals surface area contributed by atoms with Gasteiger partial charge in [0.2, 0.25) is 0 Å². The Labute approximate surface area is 113 Å². The first-order valence-electron chi connectivity index (χ1n) is 5.74. The Morgan fingerprint density at radius 2 is 2.28 bits per heavy atom. The number of benzene rings is 1. The SMILES string of the molecule is CC[C@@H](O)c1nccn1Cc1cc(Br)ccc1F. The Kier molecular flexibility index (Phi) is 4.14. The molecule has 96 valence electrons. The molecule has 0 aliphatic carbocycles. The molecule has 1 N–H and O–H groups in total. The van der Waals surface area contributed by atoms with E-state index < -0.39 is 6.10 Å². The van der Waals surface area contributed by atoms with Crippen LogP contribution in [0.4, 0.5) is 4.39 Å². The van der Waals surface area contributed by atoms with Crippen molar-refractivity contribution in [3.05, 3.63) is 52.3 Å². The number of hydrogen-bond acceptors (Lipinski definition) is 2. The van der Waals surface area contributed by atoms with Gasteiger partial charge in [-0.25, -0.2) is 9.37 Å². The van der Waals surface area contributed by atoms with Crippen LogP contribution in [0, 0.1) is 5.82 Å². The largest absolute Gasteiger partial charge is 0.385 e. The molecule has 0 aliphatic rings. The maximum atomic E-state index is 13.7. The lowest BCUT2D eigenvalue weighted by Crippen LogP contribution is -2.09. The summed E-state index contributed by atoms with van der Waals surface area (Å²) in [4.78, 5) is 4.11. The van der Waals surface area contributed by atoms with Crippen molar-refractivity contribution in [1.82, 2.24) is 9.55 Å². The number of imidazole rings is 1. The summed E-state index contributed by atoms with van der Waals surface area (Å²) in [7, 11) is 0. The highest BCUT2D eigenvalue weighted by Gasteiger charge is 2.13. The van der Waals surface area contributed by atoms with Crippen molar-refractivity contribution >= 4 is 15.9 Å². The minimum atomic E-state index is -0.616. The zero-order valence-electron chi connectivity index (χ0n) is 9.98. The minimum Gasteiger partial charge on any atom is -0.385 e. The fraction of sp³-hybridized carbons (Fsp3) is 0.308. The van der Waals surface area contributed by atoms with E-state index in [1.807, 2.05) is 6.92 Å². The molecule has 18 heavy (non-hydrogen) atoms. The van der Waals surface area contributed by atoms with E-state index in [9.17, 15) is 9.50 Å². The molecule has 2 rings (SSSR count). The number of hydrogen-bond donors (Lipinski definition) is 1. The molecule has 2 aromatic rings. The molecule has 5 heteroatoms. The number of halogens is 2. The Bertz CT molecular complexity index is 542. The van der Waals surface area contributed by atoms with Crippen LogP contribution in [-0.4, -0.2) is 14.7 Å². The molecule has 0 saturated carbocycles. The molecule has 0 aliphatic heterocycles. The van der Waals surface area contributed by atoms with Gasteiger partial charge in [0.1, 0.15) is 17.7 Å². The minimum absolute atomic E-state index is 0.260. The van der Waals surface area contributed by atoms with E-state index >= 15 is 0 Å². The van der Waals surface area contributed by atoms with E-state index in [0.717, 1.165) is 4.47 Å². The molecule has 1 atom stereocenters. The zero-order chi connectivity index (χ0) is 13.1. The summed E-state index contributed by atoms with van der Waals surface area (Å²) in [5.74, 6) is 0.306. The van der Waals surface area contributed by atoms with Gasteiger partial charge in [0.25, 0.3) is 0 Å². The predicted octanol–water partition coefficient (Wildman–Crippen LogP) is 3.28. The topological polar surface area (TPSA) is 38.1 Å². The summed E-state index contributed by atoms with van der Waals surface area (Å²) in [5.41, 5.74) is 0.562. The number of nitrogens with zero attached hydrogens (tertiary/aromatic N) is 2. The molecule has 0 spiro atoms. The number of aliphatic hydroxyl groups excluding tert-OH is 1. The highest BCUT2D eigenvalue weighted by Crippen LogP contribution is 2.19. The van der Waals surface area contributed by atoms with Crippen molar-refractivity contribution < 1.29 is 9.50 Å². The molecule has 0 fully saturated rings. The summed E-state index contributed by atoms with van der Waals surface area (Å²) in [6, 6.07) is 4.82. The number of aromatic nitrogens is 2. The van der Waals surface area contributed by atoms with Gasteiger partial charge < -0.3 is 9.67 Å². The van der Waals surface area contributed by atoms with E-state index in [2.05, 4.69) is 20.9 Å². The quantitative estimate of drug-likeness (QED) is 0.941. The summed E-state index contributed by atoms with van der Waals surface area (Å²) in [6.45, 7) is 2.24. The van der Waals surface area contributed by atoms with Crippen molar-refractivity contribution in [1.29, 1.82) is 0 Å². The van der Waals surface area contributed by atoms with Gasteiger partial charge in [-0.05, 0) is 24.6 Å². The molecular weight excluding hydrogens is 299 g/mol. The van der Waals surface area contributed by atoms with Gasteiger partial charge in [0.15, 0.2) is 0 Å². The van der Waals surface area contributed by atoms with Crippen molar-refractivity contribution in [2.75, 3.05) is 0 Å². The average Bonchev–Trinajstić information content (AvgIpc) is 2.81. The summed E-state index contributed by atoms with van der Waals surface area (Å²) in [5, 5.41) is 9.81. The third-order valence-corrected chi connectivity index (χ3v) is 3.27. The lowest BCUT2D eigenvalue weighted by molar-refractivity contribution is 0.159. The summed E-state index contributed by atoms with van der Waals surface area (Å²) >= 11 is 3.32. The zero-order valence-corrected chi connectivity index (χ0v) is 11.6. The van der Waals surface area contributed by atoms with Crippen molar-refractivity contribution in [3.8, 4) is 0 Å². The van der Waals surface area contributed by atoms with Gasteiger partial charge in [0, 0.05) is 22.4 Å². The average molecular weight is 313 g/mol. The third-order valence-electron chi connectivity index (χ3n) is 2.78. The fourth-order valence-corrected chi connectivity index (χ4v) is 2.19. The molecule has 0 bridgehead atoms. The second kappa shape index (κ2) is 5.63. The third kappa shape index (κ3) is 2.79. The highest BCUT2D eigenvalue weighted by atomic mass is 79.9. The molecular formula is C13H14BrFN2O. The van der Waals surface area contributed by atoms with Gasteiger partial charge in [-0.2, -0.15) is 0 Å². The first-order valence-corrected chi connectivity index (χ1v) is 6.54. The maximum Gasteiger partial charge on any atom is 0.137 e. The molecule has 0 amide bonds. The van der Waals surface area contributed by atoms with Gasteiger partial charge in [-0.1, -0.05) is 22.9 Å². The van der Waals surface area contributed by atoms with Crippen molar-refractivity contribution in [2.45, 2.75) is 26.0 Å². The van der Waals surface area contributed by atoms with E-state index in [0.29, 0.717) is 24.4 Å². The van der Waals surface area contributed by atoms with E-state index in [-0.39, 0.29) is 5.82 Å². The van der Waals surface area contributed by atoms with Gasteiger partial charge in [-0.15, -0.1) is 0 Å². The molecule has 3 nitrogen and oxygen atoms in total. The van der Waals surface area contributed by atoms with Crippen LogP contribution in [0.15, 0.2) is 35.1 Å². The number of rotatable bonds is 4. The normalized spacial score (nSPS) is 12.7. The Balaban J connectivity index is 2.29. The lowest BCUT2D eigenvalue weighted by Gasteiger charge is -2.12. The number of aliphatic hydroxyl groups is 1. The van der Waals surface area contributed by atoms with Crippen LogP contribution in [0.1, 0.15) is 30.8 Å². The Morgan fingerprint density at radius 1 is 1.50 bits per heavy atom. The molecule has 1 heterocycles. The van der Waals surface area contributed by atoms with Crippen LogP contribution >= 0.6 is 15.9 Å². The first kappa shape index (κ1) is 13.2. The summed E-state index contributed by atoms with van der Waals surface area (Å²) in [6.07, 6.45) is 3.33. The molecule has 0 unspecified atom stereocenters. The van der Waals surface area contributed by atoms with Crippen LogP contribution in [0.3, 0.4) is 0 Å². The first-order chi connectivity index (χ1) is 8.61. The summed E-state index contributed by atoms with van der Waals surface area (Å²) < 4.78 is 16.3. The second-order valence-corrected chi connectivity index (χ2v) is 4.99. The van der Waals surface area contributed by atoms with Gasteiger partial charge >= 0.3 is 0 Å². The van der Waals surface area contributed by atoms with Crippen LogP contribution in [0.5, 0.6) is 0 Å². The van der Waals surface area contributed by atoms with Crippen LogP contribution < -0.4 is 0 Å². The molecule has 1 aromatic carbocycles. The molecule has 0 radical (unpaired) electrons. The predicted molar refractivity (Wildman–Crippen MR) is 70.7 cm³/mol. The maximum absolute atomic E-state index is 13.7. The molecule has 1 aromatic heterocycles. The van der Waals surface area contributed by atoms with Crippen LogP contribution in [0.2, 0.25) is 0 Å². The monoisotopic (exact) mass is 312 g/mol.